The van der Waals surface area contributed by atoms with E-state index in [1.54, 1.807) is 30.9 Å². The van der Waals surface area contributed by atoms with Crippen LogP contribution < -0.4 is 5.32 Å². The minimum absolute atomic E-state index is 0.0442. The molecule has 1 aromatic heterocycles. The van der Waals surface area contributed by atoms with Gasteiger partial charge in [0.2, 0.25) is 5.91 Å². The van der Waals surface area contributed by atoms with Crippen molar-refractivity contribution in [1.82, 2.24) is 19.8 Å². The molecule has 1 spiro atoms. The number of hydrogen-bond donors (Lipinski definition) is 2. The van der Waals surface area contributed by atoms with Crippen molar-refractivity contribution in [2.45, 2.75) is 58.6 Å². The molecule has 0 radical (unpaired) electrons. The molecular weight excluding hydrogens is 502 g/mol. The van der Waals surface area contributed by atoms with E-state index < -0.39 is 11.0 Å². The Morgan fingerprint density at radius 1 is 1.29 bits per heavy atom. The van der Waals surface area contributed by atoms with E-state index >= 15 is 0 Å². The third-order valence-corrected chi connectivity index (χ3v) is 8.01. The Kier molecular flexibility index (Phi) is 6.94. The molecule has 2 amide bonds. The van der Waals surface area contributed by atoms with Gasteiger partial charge < -0.3 is 19.5 Å². The fourth-order valence-electron chi connectivity index (χ4n) is 5.84. The van der Waals surface area contributed by atoms with Crippen LogP contribution in [0.2, 0.25) is 5.02 Å². The molecular formula is C29H34ClN5O3. The molecule has 2 heterocycles. The predicted molar refractivity (Wildman–Crippen MR) is 147 cm³/mol. The highest BCUT2D eigenvalue weighted by Crippen LogP contribution is 2.41. The zero-order valence-corrected chi connectivity index (χ0v) is 22.8. The van der Waals surface area contributed by atoms with Gasteiger partial charge >= 0.3 is 6.09 Å². The lowest BCUT2D eigenvalue weighted by Gasteiger charge is -2.36. The Hall–Kier alpha value is -3.39. The first-order chi connectivity index (χ1) is 18.1. The average molecular weight is 536 g/mol. The Bertz CT molecular complexity index is 1390. The highest BCUT2D eigenvalue weighted by Gasteiger charge is 2.49. The van der Waals surface area contributed by atoms with E-state index in [0.29, 0.717) is 23.0 Å². The molecule has 5 rings (SSSR count). The number of carbonyl (C=O) groups is 2. The lowest BCUT2D eigenvalue weighted by atomic mass is 9.77. The second-order valence-electron chi connectivity index (χ2n) is 11.5. The summed E-state index contributed by atoms with van der Waals surface area (Å²) in [7, 11) is 0. The summed E-state index contributed by atoms with van der Waals surface area (Å²) in [5, 5.41) is 11.6. The first kappa shape index (κ1) is 26.2. The number of ether oxygens (including phenoxy) is 1. The number of hydrogen-bond acceptors (Lipinski definition) is 5. The molecule has 2 N–H and O–H groups in total. The molecule has 2 aromatic carbocycles. The van der Waals surface area contributed by atoms with Crippen molar-refractivity contribution in [3.8, 4) is 0 Å². The van der Waals surface area contributed by atoms with Gasteiger partial charge in [-0.25, -0.2) is 9.78 Å². The molecule has 9 heteroatoms. The monoisotopic (exact) mass is 535 g/mol. The molecule has 2 fully saturated rings. The fraction of sp³-hybridized carbons (Fsp3) is 0.448. The predicted octanol–water partition coefficient (Wildman–Crippen LogP) is 5.55. The van der Waals surface area contributed by atoms with Gasteiger partial charge in [0.1, 0.15) is 17.0 Å². The Balaban J connectivity index is 1.23. The number of benzene rings is 2. The van der Waals surface area contributed by atoms with Crippen LogP contribution in [0.4, 0.5) is 4.79 Å². The number of imidazole rings is 1. The van der Waals surface area contributed by atoms with Gasteiger partial charge in [-0.3, -0.25) is 10.2 Å². The van der Waals surface area contributed by atoms with Gasteiger partial charge in [0.15, 0.2) is 0 Å². The van der Waals surface area contributed by atoms with Gasteiger partial charge in [-0.2, -0.15) is 0 Å². The molecule has 3 aromatic rings. The second-order valence-corrected chi connectivity index (χ2v) is 11.9. The van der Waals surface area contributed by atoms with E-state index in [-0.39, 0.29) is 24.4 Å². The third-order valence-electron chi connectivity index (χ3n) is 7.73. The maximum atomic E-state index is 13.0. The number of amidine groups is 1. The number of fused-ring (bicyclic) bond motifs is 1. The minimum atomic E-state index is -0.896. The number of carbonyl (C=O) groups excluding carboxylic acids is 2. The molecule has 38 heavy (non-hydrogen) atoms. The second kappa shape index (κ2) is 10.1. The zero-order chi connectivity index (χ0) is 27.1. The van der Waals surface area contributed by atoms with Crippen LogP contribution in [0.5, 0.6) is 0 Å². The maximum Gasteiger partial charge on any atom is 0.410 e. The quantitative estimate of drug-likeness (QED) is 0.319. The van der Waals surface area contributed by atoms with Crippen LogP contribution in [-0.2, 0) is 16.1 Å². The number of nitrogens with zero attached hydrogens (tertiary/aromatic N) is 3. The van der Waals surface area contributed by atoms with Gasteiger partial charge in [0.05, 0.1) is 28.8 Å². The minimum Gasteiger partial charge on any atom is -0.441 e. The number of aromatic nitrogens is 2. The first-order valence-electron chi connectivity index (χ1n) is 13.1. The SMILES string of the molecule is Cc1cc(Cl)c2ncn(C[C@H]3CCCC4(C3)CN(CC(C)(C)C(=O)NC(=N)c3ccccc3)C(=O)O4)c2c1. The van der Waals surface area contributed by atoms with Crippen molar-refractivity contribution in [3.05, 3.63) is 64.9 Å². The molecule has 2 atom stereocenters. The lowest BCUT2D eigenvalue weighted by molar-refractivity contribution is -0.128. The van der Waals surface area contributed by atoms with Gasteiger partial charge in [-0.1, -0.05) is 41.9 Å². The van der Waals surface area contributed by atoms with Crippen LogP contribution in [0, 0.1) is 23.7 Å². The highest BCUT2D eigenvalue weighted by molar-refractivity contribution is 6.35. The van der Waals surface area contributed by atoms with Crippen LogP contribution in [0.3, 0.4) is 0 Å². The van der Waals surface area contributed by atoms with Crippen molar-refractivity contribution in [2.24, 2.45) is 11.3 Å². The van der Waals surface area contributed by atoms with Crippen molar-refractivity contribution in [1.29, 1.82) is 5.41 Å². The summed E-state index contributed by atoms with van der Waals surface area (Å²) in [5.74, 6) is 0.0705. The van der Waals surface area contributed by atoms with Gasteiger partial charge in [-0.15, -0.1) is 0 Å². The summed E-state index contributed by atoms with van der Waals surface area (Å²) < 4.78 is 8.17. The van der Waals surface area contributed by atoms with E-state index in [1.165, 1.54) is 0 Å². The summed E-state index contributed by atoms with van der Waals surface area (Å²) in [6.07, 6.45) is 5.06. The van der Waals surface area contributed by atoms with Crippen molar-refractivity contribution < 1.29 is 14.3 Å². The van der Waals surface area contributed by atoms with E-state index in [2.05, 4.69) is 20.9 Å². The van der Waals surface area contributed by atoms with Crippen molar-refractivity contribution in [2.75, 3.05) is 13.1 Å². The molecule has 0 bridgehead atoms. The topological polar surface area (TPSA) is 100 Å². The maximum absolute atomic E-state index is 13.0. The fourth-order valence-corrected chi connectivity index (χ4v) is 6.15. The van der Waals surface area contributed by atoms with Crippen LogP contribution in [0.25, 0.3) is 11.0 Å². The molecule has 1 unspecified atom stereocenters. The number of halogens is 1. The van der Waals surface area contributed by atoms with Crippen LogP contribution in [0.15, 0.2) is 48.8 Å². The summed E-state index contributed by atoms with van der Waals surface area (Å²) in [5.41, 5.74) is 2.11. The zero-order valence-electron chi connectivity index (χ0n) is 22.1. The number of rotatable bonds is 6. The molecule has 200 valence electrons. The average Bonchev–Trinajstić information content (AvgIpc) is 3.39. The van der Waals surface area contributed by atoms with E-state index in [0.717, 1.165) is 48.8 Å². The molecule has 8 nitrogen and oxygen atoms in total. The van der Waals surface area contributed by atoms with Crippen LogP contribution in [0.1, 0.15) is 50.7 Å². The largest absolute Gasteiger partial charge is 0.441 e. The Morgan fingerprint density at radius 2 is 2.05 bits per heavy atom. The molecule has 2 aliphatic rings. The van der Waals surface area contributed by atoms with Gasteiger partial charge in [-0.05, 0) is 70.1 Å². The Morgan fingerprint density at radius 3 is 2.82 bits per heavy atom. The van der Waals surface area contributed by atoms with Crippen LogP contribution in [-0.4, -0.2) is 51.0 Å². The van der Waals surface area contributed by atoms with Crippen molar-refractivity contribution >= 4 is 40.5 Å². The van der Waals surface area contributed by atoms with Gasteiger partial charge in [0.25, 0.3) is 0 Å². The highest BCUT2D eigenvalue weighted by atomic mass is 35.5. The standard InChI is InChI=1S/C29H34ClN5O3/c1-19-12-22(30)24-23(13-19)34(18-32-24)15-20-8-7-11-29(14-20)17-35(27(37)38-29)16-28(2,3)26(36)33-25(31)21-9-5-4-6-10-21/h4-6,9-10,12-13,18,20H,7-8,11,14-17H2,1-3H3,(H2,31,33,36)/t20-,29?/m0/s1. The molecule has 1 aliphatic carbocycles. The van der Waals surface area contributed by atoms with Gasteiger partial charge in [0, 0.05) is 18.7 Å². The lowest BCUT2D eigenvalue weighted by Crippen LogP contribution is -2.48. The third kappa shape index (κ3) is 5.27. The first-order valence-corrected chi connectivity index (χ1v) is 13.5. The van der Waals surface area contributed by atoms with E-state index in [4.69, 9.17) is 21.7 Å². The molecule has 1 saturated carbocycles. The number of amides is 2. The summed E-state index contributed by atoms with van der Waals surface area (Å²) in [4.78, 5) is 32.2. The van der Waals surface area contributed by atoms with E-state index in [1.807, 2.05) is 37.5 Å². The molecule has 1 aliphatic heterocycles. The summed E-state index contributed by atoms with van der Waals surface area (Å²) in [6, 6.07) is 13.1. The normalized spacial score (nSPS) is 21.6. The number of aryl methyl sites for hydroxylation is 1. The molecule has 1 saturated heterocycles. The summed E-state index contributed by atoms with van der Waals surface area (Å²) >= 11 is 6.40. The smallest absolute Gasteiger partial charge is 0.410 e. The summed E-state index contributed by atoms with van der Waals surface area (Å²) in [6.45, 7) is 7.07. The Labute approximate surface area is 227 Å². The number of nitrogens with one attached hydrogen (secondary N) is 2. The van der Waals surface area contributed by atoms with Crippen molar-refractivity contribution in [3.63, 3.8) is 0 Å². The van der Waals surface area contributed by atoms with E-state index in [9.17, 15) is 9.59 Å². The van der Waals surface area contributed by atoms with Crippen LogP contribution >= 0.6 is 11.6 Å².